The molecule has 0 saturated heterocycles. The van der Waals surface area contributed by atoms with Crippen LogP contribution in [0.4, 0.5) is 22.0 Å². The Bertz CT molecular complexity index is 747. The van der Waals surface area contributed by atoms with Crippen LogP contribution in [0.5, 0.6) is 11.5 Å². The molecule has 2 aromatic carbocycles. The summed E-state index contributed by atoms with van der Waals surface area (Å²) in [7, 11) is 1.40. The molecule has 0 atom stereocenters. The average Bonchev–Trinajstić information content (AvgIpc) is 2.55. The van der Waals surface area contributed by atoms with Gasteiger partial charge in [0.1, 0.15) is 11.5 Å². The van der Waals surface area contributed by atoms with Gasteiger partial charge in [0, 0.05) is 24.7 Å². The van der Waals surface area contributed by atoms with Crippen LogP contribution in [0.1, 0.15) is 15.9 Å². The van der Waals surface area contributed by atoms with Gasteiger partial charge in [-0.15, -0.1) is 13.2 Å². The van der Waals surface area contributed by atoms with Crippen molar-refractivity contribution in [2.24, 2.45) is 0 Å². The molecule has 0 spiro atoms. The van der Waals surface area contributed by atoms with Crippen LogP contribution in [-0.4, -0.2) is 30.8 Å². The molecule has 0 bridgehead atoms. The van der Waals surface area contributed by atoms with Gasteiger partial charge < -0.3 is 14.4 Å². The van der Waals surface area contributed by atoms with E-state index in [9.17, 15) is 26.7 Å². The Morgan fingerprint density at radius 3 is 2.27 bits per heavy atom. The Balaban J connectivity index is 2.10. The van der Waals surface area contributed by atoms with E-state index in [0.29, 0.717) is 0 Å². The van der Waals surface area contributed by atoms with Crippen molar-refractivity contribution in [2.75, 3.05) is 7.05 Å². The average molecular weight is 375 g/mol. The maximum atomic E-state index is 12.4. The van der Waals surface area contributed by atoms with Crippen molar-refractivity contribution in [3.63, 3.8) is 0 Å². The van der Waals surface area contributed by atoms with Crippen molar-refractivity contribution >= 4 is 5.91 Å². The summed E-state index contributed by atoms with van der Waals surface area (Å²) in [6, 6.07) is 10.4. The Hall–Kier alpha value is -2.84. The minimum Gasteiger partial charge on any atom is -0.435 e. The number of amides is 1. The summed E-state index contributed by atoms with van der Waals surface area (Å²) in [5.41, 5.74) is 0.335. The fourth-order valence-electron chi connectivity index (χ4n) is 2.19. The number of carbonyl (C=O) groups is 1. The highest BCUT2D eigenvalue weighted by atomic mass is 19.4. The van der Waals surface area contributed by atoms with Crippen LogP contribution in [0, 0.1) is 0 Å². The lowest BCUT2D eigenvalue weighted by atomic mass is 10.1. The first-order valence-corrected chi connectivity index (χ1v) is 7.29. The van der Waals surface area contributed by atoms with Crippen molar-refractivity contribution < 1.29 is 36.2 Å². The third-order valence-corrected chi connectivity index (χ3v) is 3.28. The number of alkyl halides is 5. The Morgan fingerprint density at radius 1 is 1.08 bits per heavy atom. The zero-order chi connectivity index (χ0) is 19.3. The second kappa shape index (κ2) is 8.03. The second-order valence-corrected chi connectivity index (χ2v) is 5.22. The second-order valence-electron chi connectivity index (χ2n) is 5.22. The van der Waals surface area contributed by atoms with E-state index < -0.39 is 24.6 Å². The maximum Gasteiger partial charge on any atom is 0.573 e. The molecule has 26 heavy (non-hydrogen) atoms. The van der Waals surface area contributed by atoms with Crippen LogP contribution in [-0.2, 0) is 6.54 Å². The Labute approximate surface area is 145 Å². The molecular formula is C17H14F5NO3. The largest absolute Gasteiger partial charge is 0.573 e. The number of carbonyl (C=O) groups excluding carboxylic acids is 1. The Kier molecular flexibility index (Phi) is 6.01. The summed E-state index contributed by atoms with van der Waals surface area (Å²) in [6.07, 6.45) is -4.85. The molecule has 2 aromatic rings. The van der Waals surface area contributed by atoms with Crippen LogP contribution in [0.25, 0.3) is 0 Å². The van der Waals surface area contributed by atoms with Gasteiger partial charge in [-0.2, -0.15) is 8.78 Å². The molecule has 0 radical (unpaired) electrons. The van der Waals surface area contributed by atoms with E-state index >= 15 is 0 Å². The predicted molar refractivity (Wildman–Crippen MR) is 82.0 cm³/mol. The minimum atomic E-state index is -4.85. The van der Waals surface area contributed by atoms with E-state index in [2.05, 4.69) is 9.47 Å². The SMILES string of the molecule is CN(Cc1ccccc1OC(F)(F)F)C(=O)c1ccc(OC(F)F)cc1. The quantitative estimate of drug-likeness (QED) is 0.700. The van der Waals surface area contributed by atoms with Gasteiger partial charge in [0.05, 0.1) is 0 Å². The standard InChI is InChI=1S/C17H14F5NO3/c1-23(10-12-4-2-3-5-14(12)26-17(20,21)22)15(24)11-6-8-13(9-7-11)25-16(18)19/h2-9,16H,10H2,1H3. The number of para-hydroxylation sites is 1. The van der Waals surface area contributed by atoms with E-state index in [1.54, 1.807) is 0 Å². The van der Waals surface area contributed by atoms with Crippen molar-refractivity contribution in [1.82, 2.24) is 4.90 Å². The van der Waals surface area contributed by atoms with E-state index in [1.165, 1.54) is 54.4 Å². The molecule has 0 aliphatic rings. The molecule has 0 N–H and O–H groups in total. The van der Waals surface area contributed by atoms with Crippen LogP contribution in [0.3, 0.4) is 0 Å². The van der Waals surface area contributed by atoms with Gasteiger partial charge in [0.25, 0.3) is 5.91 Å². The molecule has 9 heteroatoms. The fourth-order valence-corrected chi connectivity index (χ4v) is 2.19. The fraction of sp³-hybridized carbons (Fsp3) is 0.235. The topological polar surface area (TPSA) is 38.8 Å². The molecule has 140 valence electrons. The number of benzene rings is 2. The van der Waals surface area contributed by atoms with Crippen LogP contribution in [0.2, 0.25) is 0 Å². The molecular weight excluding hydrogens is 361 g/mol. The molecule has 0 saturated carbocycles. The normalized spacial score (nSPS) is 11.3. The first kappa shape index (κ1) is 19.5. The lowest BCUT2D eigenvalue weighted by Gasteiger charge is -2.20. The van der Waals surface area contributed by atoms with Gasteiger partial charge in [-0.25, -0.2) is 0 Å². The van der Waals surface area contributed by atoms with Gasteiger partial charge >= 0.3 is 13.0 Å². The van der Waals surface area contributed by atoms with E-state index in [4.69, 9.17) is 0 Å². The van der Waals surface area contributed by atoms with Crippen molar-refractivity contribution in [3.8, 4) is 11.5 Å². The van der Waals surface area contributed by atoms with Crippen LogP contribution >= 0.6 is 0 Å². The lowest BCUT2D eigenvalue weighted by Crippen LogP contribution is -2.27. The van der Waals surface area contributed by atoms with Crippen LogP contribution < -0.4 is 9.47 Å². The highest BCUT2D eigenvalue weighted by molar-refractivity contribution is 5.94. The summed E-state index contributed by atoms with van der Waals surface area (Å²) < 4.78 is 69.7. The number of halogens is 5. The maximum absolute atomic E-state index is 12.4. The molecule has 0 aromatic heterocycles. The highest BCUT2D eigenvalue weighted by Crippen LogP contribution is 2.27. The number of rotatable bonds is 6. The van der Waals surface area contributed by atoms with Crippen molar-refractivity contribution in [3.05, 3.63) is 59.7 Å². The summed E-state index contributed by atoms with van der Waals surface area (Å²) in [6.45, 7) is -3.12. The van der Waals surface area contributed by atoms with Crippen molar-refractivity contribution in [1.29, 1.82) is 0 Å². The number of nitrogens with zero attached hydrogens (tertiary/aromatic N) is 1. The van der Waals surface area contributed by atoms with E-state index in [0.717, 1.165) is 6.07 Å². The zero-order valence-electron chi connectivity index (χ0n) is 13.5. The summed E-state index contributed by atoms with van der Waals surface area (Å²) >= 11 is 0. The van der Waals surface area contributed by atoms with Gasteiger partial charge in [0.2, 0.25) is 0 Å². The van der Waals surface area contributed by atoms with Gasteiger partial charge in [-0.3, -0.25) is 4.79 Å². The van der Waals surface area contributed by atoms with Crippen molar-refractivity contribution in [2.45, 2.75) is 19.5 Å². The third kappa shape index (κ3) is 5.61. The van der Waals surface area contributed by atoms with Gasteiger partial charge in [-0.1, -0.05) is 18.2 Å². The number of hydrogen-bond acceptors (Lipinski definition) is 3. The summed E-state index contributed by atoms with van der Waals surface area (Å²) in [5, 5.41) is 0. The van der Waals surface area contributed by atoms with Gasteiger partial charge in [-0.05, 0) is 30.3 Å². The molecule has 0 fully saturated rings. The van der Waals surface area contributed by atoms with E-state index in [1.807, 2.05) is 0 Å². The molecule has 4 nitrogen and oxygen atoms in total. The van der Waals surface area contributed by atoms with Gasteiger partial charge in [0.15, 0.2) is 0 Å². The molecule has 2 rings (SSSR count). The van der Waals surface area contributed by atoms with Crippen LogP contribution in [0.15, 0.2) is 48.5 Å². The molecule has 1 amide bonds. The minimum absolute atomic E-state index is 0.108. The summed E-state index contributed by atoms with van der Waals surface area (Å²) in [4.78, 5) is 13.5. The highest BCUT2D eigenvalue weighted by Gasteiger charge is 2.32. The molecule has 0 aliphatic carbocycles. The molecule has 0 aliphatic heterocycles. The first-order valence-electron chi connectivity index (χ1n) is 7.29. The number of hydrogen-bond donors (Lipinski definition) is 0. The molecule has 0 heterocycles. The zero-order valence-corrected chi connectivity index (χ0v) is 13.5. The van der Waals surface area contributed by atoms with E-state index in [-0.39, 0.29) is 23.4 Å². The monoisotopic (exact) mass is 375 g/mol. The summed E-state index contributed by atoms with van der Waals surface area (Å²) in [5.74, 6) is -1.01. The number of ether oxygens (including phenoxy) is 2. The lowest BCUT2D eigenvalue weighted by molar-refractivity contribution is -0.275. The predicted octanol–water partition coefficient (Wildman–Crippen LogP) is 4.46. The Morgan fingerprint density at radius 2 is 1.69 bits per heavy atom. The third-order valence-electron chi connectivity index (χ3n) is 3.28. The molecule has 0 unspecified atom stereocenters. The first-order chi connectivity index (χ1) is 12.2. The smallest absolute Gasteiger partial charge is 0.435 e.